The van der Waals surface area contributed by atoms with E-state index in [9.17, 15) is 13.2 Å². The summed E-state index contributed by atoms with van der Waals surface area (Å²) in [6.45, 7) is 5.61. The second-order valence-corrected chi connectivity index (χ2v) is 6.31. The largest absolute Gasteiger partial charge is 0.416 e. The molecule has 0 amide bonds. The number of nitrogens with two attached hydrogens (primary N) is 1. The summed E-state index contributed by atoms with van der Waals surface area (Å²) in [5, 5.41) is 0.255. The third-order valence-electron chi connectivity index (χ3n) is 2.30. The van der Waals surface area contributed by atoms with E-state index in [1.54, 1.807) is 13.0 Å². The highest BCUT2D eigenvalue weighted by atomic mass is 32.2. The van der Waals surface area contributed by atoms with Gasteiger partial charge in [-0.25, -0.2) is 0 Å². The molecule has 5 heteroatoms. The molecule has 0 aliphatic heterocycles. The molecular weight excluding hydrogens is 259 g/mol. The molecule has 0 aliphatic rings. The predicted octanol–water partition coefficient (Wildman–Crippen LogP) is 4.10. The molecule has 0 radical (unpaired) electrons. The van der Waals surface area contributed by atoms with Crippen molar-refractivity contribution in [2.45, 2.75) is 49.6 Å². The summed E-state index contributed by atoms with van der Waals surface area (Å²) >= 11 is 1.43. The van der Waals surface area contributed by atoms with Gasteiger partial charge in [0.2, 0.25) is 0 Å². The highest BCUT2D eigenvalue weighted by Gasteiger charge is 2.33. The van der Waals surface area contributed by atoms with Crippen molar-refractivity contribution in [2.75, 3.05) is 0 Å². The quantitative estimate of drug-likeness (QED) is 0.839. The molecule has 0 saturated heterocycles. The summed E-state index contributed by atoms with van der Waals surface area (Å²) in [6, 6.07) is 4.21. The van der Waals surface area contributed by atoms with Crippen molar-refractivity contribution >= 4 is 11.8 Å². The number of benzene rings is 1. The van der Waals surface area contributed by atoms with E-state index in [0.717, 1.165) is 0 Å². The van der Waals surface area contributed by atoms with Gasteiger partial charge in [-0.1, -0.05) is 19.9 Å². The van der Waals surface area contributed by atoms with Crippen molar-refractivity contribution in [2.24, 2.45) is 5.73 Å². The van der Waals surface area contributed by atoms with Crippen LogP contribution < -0.4 is 5.73 Å². The van der Waals surface area contributed by atoms with Gasteiger partial charge in [-0.3, -0.25) is 0 Å². The van der Waals surface area contributed by atoms with Crippen LogP contribution in [0, 0.1) is 0 Å². The Morgan fingerprint density at radius 3 is 2.28 bits per heavy atom. The van der Waals surface area contributed by atoms with Gasteiger partial charge in [-0.15, -0.1) is 11.8 Å². The molecule has 0 aromatic heterocycles. The summed E-state index contributed by atoms with van der Waals surface area (Å²) in [5.74, 6) is 0. The lowest BCUT2D eigenvalue weighted by Crippen LogP contribution is -2.20. The minimum absolute atomic E-state index is 0.238. The lowest BCUT2D eigenvalue weighted by molar-refractivity contribution is -0.138. The molecule has 102 valence electrons. The first-order valence-electron chi connectivity index (χ1n) is 5.82. The normalized spacial score (nSPS) is 14.0. The minimum Gasteiger partial charge on any atom is -0.328 e. The van der Waals surface area contributed by atoms with Crippen molar-refractivity contribution in [3.63, 3.8) is 0 Å². The topological polar surface area (TPSA) is 26.0 Å². The van der Waals surface area contributed by atoms with Gasteiger partial charge in [0.25, 0.3) is 0 Å². The van der Waals surface area contributed by atoms with Crippen molar-refractivity contribution < 1.29 is 13.2 Å². The predicted molar refractivity (Wildman–Crippen MR) is 69.8 cm³/mol. The molecule has 1 unspecified atom stereocenters. The van der Waals surface area contributed by atoms with Crippen LogP contribution in [-0.2, 0) is 12.6 Å². The number of hydrogen-bond acceptors (Lipinski definition) is 2. The van der Waals surface area contributed by atoms with Gasteiger partial charge in [-0.2, -0.15) is 13.2 Å². The Kier molecular flexibility index (Phi) is 5.10. The molecule has 2 N–H and O–H groups in total. The Hall–Kier alpha value is -0.680. The van der Waals surface area contributed by atoms with Crippen LogP contribution in [-0.4, -0.2) is 11.3 Å². The summed E-state index contributed by atoms with van der Waals surface area (Å²) in [4.78, 5) is 0.644. The molecule has 0 heterocycles. The third-order valence-corrected chi connectivity index (χ3v) is 3.30. The number of hydrogen-bond donors (Lipinski definition) is 1. The van der Waals surface area contributed by atoms with Crippen LogP contribution in [0.5, 0.6) is 0 Å². The van der Waals surface area contributed by atoms with Crippen LogP contribution in [0.15, 0.2) is 23.1 Å². The van der Waals surface area contributed by atoms with Crippen molar-refractivity contribution in [3.8, 4) is 0 Å². The molecule has 0 aliphatic carbocycles. The highest BCUT2D eigenvalue weighted by molar-refractivity contribution is 7.99. The number of thioether (sulfide) groups is 1. The van der Waals surface area contributed by atoms with E-state index in [-0.39, 0.29) is 23.3 Å². The molecule has 1 aromatic rings. The lowest BCUT2D eigenvalue weighted by Gasteiger charge is -2.16. The molecule has 1 nitrogen and oxygen atoms in total. The molecular formula is C13H18F3NS. The maximum Gasteiger partial charge on any atom is 0.416 e. The van der Waals surface area contributed by atoms with Crippen LogP contribution in [0.4, 0.5) is 13.2 Å². The SMILES string of the molecule is CC(N)Cc1ccc(SC(C)C)cc1C(F)(F)F. The van der Waals surface area contributed by atoms with Crippen molar-refractivity contribution in [1.82, 2.24) is 0 Å². The summed E-state index contributed by atoms with van der Waals surface area (Å²) in [5.41, 5.74) is 5.29. The van der Waals surface area contributed by atoms with Gasteiger partial charge < -0.3 is 5.73 Å². The van der Waals surface area contributed by atoms with Gasteiger partial charge in [0.15, 0.2) is 0 Å². The minimum atomic E-state index is -4.32. The van der Waals surface area contributed by atoms with Crippen LogP contribution in [0.25, 0.3) is 0 Å². The monoisotopic (exact) mass is 277 g/mol. The van der Waals surface area contributed by atoms with Crippen molar-refractivity contribution in [1.29, 1.82) is 0 Å². The van der Waals surface area contributed by atoms with E-state index in [2.05, 4.69) is 0 Å². The molecule has 1 aromatic carbocycles. The molecule has 0 spiro atoms. The molecule has 0 fully saturated rings. The van der Waals surface area contributed by atoms with Crippen LogP contribution in [0.1, 0.15) is 31.9 Å². The average molecular weight is 277 g/mol. The molecule has 0 bridgehead atoms. The maximum absolute atomic E-state index is 13.0. The number of alkyl halides is 3. The maximum atomic E-state index is 13.0. The first kappa shape index (κ1) is 15.4. The summed E-state index contributed by atoms with van der Waals surface area (Å²) < 4.78 is 38.9. The Morgan fingerprint density at radius 2 is 1.83 bits per heavy atom. The fourth-order valence-corrected chi connectivity index (χ4v) is 2.57. The first-order chi connectivity index (χ1) is 8.20. The Labute approximate surface area is 110 Å². The average Bonchev–Trinajstić information content (AvgIpc) is 2.17. The van der Waals surface area contributed by atoms with E-state index in [0.29, 0.717) is 4.90 Å². The van der Waals surface area contributed by atoms with Gasteiger partial charge in [-0.05, 0) is 31.0 Å². The number of rotatable bonds is 4. The van der Waals surface area contributed by atoms with Crippen LogP contribution in [0.3, 0.4) is 0 Å². The van der Waals surface area contributed by atoms with E-state index in [1.165, 1.54) is 23.9 Å². The smallest absolute Gasteiger partial charge is 0.328 e. The standard InChI is InChI=1S/C13H18F3NS/c1-8(2)18-11-5-4-10(6-9(3)17)12(7-11)13(14,15)16/h4-5,7-9H,6,17H2,1-3H3. The third kappa shape index (κ3) is 4.53. The van der Waals surface area contributed by atoms with Gasteiger partial charge >= 0.3 is 6.18 Å². The Bertz CT molecular complexity index is 400. The fraction of sp³-hybridized carbons (Fsp3) is 0.538. The zero-order valence-electron chi connectivity index (χ0n) is 10.7. The summed E-state index contributed by atoms with van der Waals surface area (Å²) in [6.07, 6.45) is -4.08. The number of halogens is 3. The van der Waals surface area contributed by atoms with E-state index >= 15 is 0 Å². The van der Waals surface area contributed by atoms with Gasteiger partial charge in [0.1, 0.15) is 0 Å². The zero-order valence-corrected chi connectivity index (χ0v) is 11.5. The van der Waals surface area contributed by atoms with E-state index < -0.39 is 11.7 Å². The van der Waals surface area contributed by atoms with Crippen molar-refractivity contribution in [3.05, 3.63) is 29.3 Å². The fourth-order valence-electron chi connectivity index (χ4n) is 1.69. The Morgan fingerprint density at radius 1 is 1.22 bits per heavy atom. The lowest BCUT2D eigenvalue weighted by atomic mass is 10.0. The zero-order chi connectivity index (χ0) is 13.9. The van der Waals surface area contributed by atoms with E-state index in [4.69, 9.17) is 5.73 Å². The second-order valence-electron chi connectivity index (χ2n) is 4.66. The van der Waals surface area contributed by atoms with Crippen LogP contribution >= 0.6 is 11.8 Å². The van der Waals surface area contributed by atoms with Crippen LogP contribution in [0.2, 0.25) is 0 Å². The second kappa shape index (κ2) is 5.97. The van der Waals surface area contributed by atoms with Gasteiger partial charge in [0.05, 0.1) is 5.56 Å². The Balaban J connectivity index is 3.12. The highest BCUT2D eigenvalue weighted by Crippen LogP contribution is 2.36. The molecule has 1 atom stereocenters. The molecule has 1 rings (SSSR count). The first-order valence-corrected chi connectivity index (χ1v) is 6.70. The van der Waals surface area contributed by atoms with Gasteiger partial charge in [0, 0.05) is 16.2 Å². The summed E-state index contributed by atoms with van der Waals surface area (Å²) in [7, 11) is 0. The van der Waals surface area contributed by atoms with E-state index in [1.807, 2.05) is 13.8 Å². The molecule has 18 heavy (non-hydrogen) atoms. The molecule has 0 saturated carbocycles.